The molecular formula is C20H16N4O2. The Morgan fingerprint density at radius 1 is 0.846 bits per heavy atom. The van der Waals surface area contributed by atoms with Gasteiger partial charge in [0.25, 0.3) is 0 Å². The Labute approximate surface area is 150 Å². The molecule has 0 aliphatic carbocycles. The van der Waals surface area contributed by atoms with Crippen LogP contribution in [0.3, 0.4) is 0 Å². The highest BCUT2D eigenvalue weighted by Gasteiger charge is 2.19. The predicted molar refractivity (Wildman–Crippen MR) is 98.2 cm³/mol. The molecule has 0 aliphatic rings. The Kier molecular flexibility index (Phi) is 4.07. The van der Waals surface area contributed by atoms with Gasteiger partial charge in [-0.3, -0.25) is 9.55 Å². The number of benzene rings is 2. The third kappa shape index (κ3) is 2.77. The van der Waals surface area contributed by atoms with Gasteiger partial charge >= 0.3 is 0 Å². The van der Waals surface area contributed by atoms with Crippen LogP contribution in [0.2, 0.25) is 0 Å². The smallest absolute Gasteiger partial charge is 0.187 e. The fourth-order valence-electron chi connectivity index (χ4n) is 2.76. The largest absolute Gasteiger partial charge is 0.507 e. The molecule has 1 N–H and O–H groups in total. The van der Waals surface area contributed by atoms with E-state index in [1.807, 2.05) is 59.2 Å². The second-order valence-electron chi connectivity index (χ2n) is 5.61. The number of hydrogen-bond donors (Lipinski definition) is 1. The summed E-state index contributed by atoms with van der Waals surface area (Å²) in [5, 5.41) is 18.9. The molecule has 128 valence electrons. The standard InChI is InChI=1S/C20H16N4O2/c1-26-15-11-9-14(10-12-15)24-19(16-6-2-3-8-18(16)25)22-23-20(24)17-7-4-5-13-21-17/h2-13,25H,1H3. The van der Waals surface area contributed by atoms with Crippen molar-refractivity contribution in [3.8, 4) is 40.1 Å². The first-order valence-corrected chi connectivity index (χ1v) is 8.07. The average molecular weight is 344 g/mol. The molecule has 0 atom stereocenters. The summed E-state index contributed by atoms with van der Waals surface area (Å²) in [6, 6.07) is 20.2. The average Bonchev–Trinajstić information content (AvgIpc) is 3.14. The van der Waals surface area contributed by atoms with Gasteiger partial charge < -0.3 is 9.84 Å². The lowest BCUT2D eigenvalue weighted by molar-refractivity contribution is 0.415. The zero-order valence-electron chi connectivity index (χ0n) is 14.1. The van der Waals surface area contributed by atoms with Gasteiger partial charge in [0.2, 0.25) is 0 Å². The van der Waals surface area contributed by atoms with E-state index in [-0.39, 0.29) is 5.75 Å². The van der Waals surface area contributed by atoms with E-state index in [1.54, 1.807) is 25.4 Å². The van der Waals surface area contributed by atoms with Crippen LogP contribution in [0.1, 0.15) is 0 Å². The first kappa shape index (κ1) is 15.8. The number of phenolic OH excluding ortho intramolecular Hbond substituents is 1. The third-order valence-electron chi connectivity index (χ3n) is 4.03. The SMILES string of the molecule is COc1ccc(-n2c(-c3ccccn3)nnc2-c2ccccc2O)cc1. The Morgan fingerprint density at radius 2 is 1.58 bits per heavy atom. The van der Waals surface area contributed by atoms with E-state index in [9.17, 15) is 5.11 Å². The van der Waals surface area contributed by atoms with E-state index in [1.165, 1.54) is 0 Å². The van der Waals surface area contributed by atoms with Crippen LogP contribution < -0.4 is 4.74 Å². The molecule has 6 heteroatoms. The highest BCUT2D eigenvalue weighted by atomic mass is 16.5. The minimum Gasteiger partial charge on any atom is -0.507 e. The maximum Gasteiger partial charge on any atom is 0.187 e. The van der Waals surface area contributed by atoms with Gasteiger partial charge in [0, 0.05) is 11.9 Å². The molecule has 4 aromatic rings. The summed E-state index contributed by atoms with van der Waals surface area (Å²) in [6.07, 6.45) is 1.71. The lowest BCUT2D eigenvalue weighted by Gasteiger charge is -2.12. The van der Waals surface area contributed by atoms with Crippen molar-refractivity contribution in [1.29, 1.82) is 0 Å². The zero-order chi connectivity index (χ0) is 17.9. The van der Waals surface area contributed by atoms with E-state index < -0.39 is 0 Å². The van der Waals surface area contributed by atoms with Gasteiger partial charge in [-0.15, -0.1) is 10.2 Å². The number of aromatic nitrogens is 4. The van der Waals surface area contributed by atoms with Crippen LogP contribution >= 0.6 is 0 Å². The maximum absolute atomic E-state index is 10.3. The molecule has 0 saturated heterocycles. The topological polar surface area (TPSA) is 73.1 Å². The Hall–Kier alpha value is -3.67. The molecule has 4 rings (SSSR count). The first-order chi connectivity index (χ1) is 12.8. The van der Waals surface area contributed by atoms with Crippen molar-refractivity contribution >= 4 is 0 Å². The van der Waals surface area contributed by atoms with Gasteiger partial charge in [0.1, 0.15) is 17.2 Å². The number of phenols is 1. The fourth-order valence-corrected chi connectivity index (χ4v) is 2.76. The summed E-state index contributed by atoms with van der Waals surface area (Å²) in [5.74, 6) is 2.02. The highest BCUT2D eigenvalue weighted by molar-refractivity contribution is 5.69. The second kappa shape index (κ2) is 6.68. The molecule has 0 aliphatic heterocycles. The molecule has 2 aromatic carbocycles. The van der Waals surface area contributed by atoms with Crippen molar-refractivity contribution in [2.45, 2.75) is 0 Å². The van der Waals surface area contributed by atoms with E-state index in [4.69, 9.17) is 4.74 Å². The van der Waals surface area contributed by atoms with Crippen molar-refractivity contribution in [2.75, 3.05) is 7.11 Å². The van der Waals surface area contributed by atoms with Crippen LogP contribution in [0.25, 0.3) is 28.6 Å². The number of aromatic hydroxyl groups is 1. The molecule has 0 saturated carbocycles. The number of rotatable bonds is 4. The van der Waals surface area contributed by atoms with Gasteiger partial charge in [-0.25, -0.2) is 0 Å². The molecule has 0 unspecified atom stereocenters. The van der Waals surface area contributed by atoms with Crippen LogP contribution in [0.5, 0.6) is 11.5 Å². The van der Waals surface area contributed by atoms with Gasteiger partial charge in [-0.05, 0) is 48.5 Å². The number of para-hydroxylation sites is 1. The molecule has 6 nitrogen and oxygen atoms in total. The Morgan fingerprint density at radius 3 is 2.27 bits per heavy atom. The quantitative estimate of drug-likeness (QED) is 0.611. The summed E-state index contributed by atoms with van der Waals surface area (Å²) in [5.41, 5.74) is 2.13. The predicted octanol–water partition coefficient (Wildman–Crippen LogP) is 3.71. The molecule has 26 heavy (non-hydrogen) atoms. The fraction of sp³-hybridized carbons (Fsp3) is 0.0500. The van der Waals surface area contributed by atoms with E-state index in [0.717, 1.165) is 11.4 Å². The van der Waals surface area contributed by atoms with Crippen molar-refractivity contribution in [3.63, 3.8) is 0 Å². The van der Waals surface area contributed by atoms with Crippen molar-refractivity contribution in [3.05, 3.63) is 72.9 Å². The van der Waals surface area contributed by atoms with Gasteiger partial charge in [0.05, 0.1) is 12.7 Å². The maximum atomic E-state index is 10.3. The summed E-state index contributed by atoms with van der Waals surface area (Å²) in [4.78, 5) is 4.39. The van der Waals surface area contributed by atoms with E-state index in [2.05, 4.69) is 15.2 Å². The van der Waals surface area contributed by atoms with Gasteiger partial charge in [-0.1, -0.05) is 18.2 Å². The minimum atomic E-state index is 0.141. The lowest BCUT2D eigenvalue weighted by atomic mass is 10.1. The van der Waals surface area contributed by atoms with Crippen LogP contribution in [0.15, 0.2) is 72.9 Å². The van der Waals surface area contributed by atoms with Gasteiger partial charge in [0.15, 0.2) is 11.6 Å². The lowest BCUT2D eigenvalue weighted by Crippen LogP contribution is -2.01. The molecule has 2 heterocycles. The number of ether oxygens (including phenoxy) is 1. The van der Waals surface area contributed by atoms with Crippen molar-refractivity contribution in [2.24, 2.45) is 0 Å². The number of nitrogens with zero attached hydrogens (tertiary/aromatic N) is 4. The van der Waals surface area contributed by atoms with Crippen LogP contribution in [-0.2, 0) is 0 Å². The second-order valence-corrected chi connectivity index (χ2v) is 5.61. The minimum absolute atomic E-state index is 0.141. The zero-order valence-corrected chi connectivity index (χ0v) is 14.1. The van der Waals surface area contributed by atoms with E-state index in [0.29, 0.717) is 22.9 Å². The van der Waals surface area contributed by atoms with Crippen LogP contribution in [0.4, 0.5) is 0 Å². The molecule has 2 aromatic heterocycles. The molecule has 0 radical (unpaired) electrons. The summed E-state index contributed by atoms with van der Waals surface area (Å²) >= 11 is 0. The molecule has 0 fully saturated rings. The number of methoxy groups -OCH3 is 1. The summed E-state index contributed by atoms with van der Waals surface area (Å²) in [6.45, 7) is 0. The third-order valence-corrected chi connectivity index (χ3v) is 4.03. The van der Waals surface area contributed by atoms with Crippen LogP contribution in [0, 0.1) is 0 Å². The molecule has 0 bridgehead atoms. The summed E-state index contributed by atoms with van der Waals surface area (Å²) < 4.78 is 7.11. The Bertz CT molecular complexity index is 1030. The van der Waals surface area contributed by atoms with Crippen molar-refractivity contribution < 1.29 is 9.84 Å². The molecular weight excluding hydrogens is 328 g/mol. The number of pyridine rings is 1. The summed E-state index contributed by atoms with van der Waals surface area (Å²) in [7, 11) is 1.63. The molecule has 0 amide bonds. The number of hydrogen-bond acceptors (Lipinski definition) is 5. The Balaban J connectivity index is 1.96. The monoisotopic (exact) mass is 344 g/mol. The van der Waals surface area contributed by atoms with Crippen LogP contribution in [-0.4, -0.2) is 32.0 Å². The first-order valence-electron chi connectivity index (χ1n) is 8.07. The molecule has 0 spiro atoms. The van der Waals surface area contributed by atoms with Crippen molar-refractivity contribution in [1.82, 2.24) is 19.7 Å². The van der Waals surface area contributed by atoms with E-state index >= 15 is 0 Å². The highest BCUT2D eigenvalue weighted by Crippen LogP contribution is 2.32. The van der Waals surface area contributed by atoms with Gasteiger partial charge in [-0.2, -0.15) is 0 Å². The normalized spacial score (nSPS) is 10.7.